The molecule has 1 unspecified atom stereocenters. The van der Waals surface area contributed by atoms with Crippen molar-refractivity contribution in [2.75, 3.05) is 5.73 Å². The first-order valence-electron chi connectivity index (χ1n) is 3.83. The van der Waals surface area contributed by atoms with Gasteiger partial charge in [-0.15, -0.1) is 0 Å². The minimum absolute atomic E-state index is 0.147. The fourth-order valence-electron chi connectivity index (χ4n) is 0.938. The molecule has 4 heteroatoms. The summed E-state index contributed by atoms with van der Waals surface area (Å²) in [5.74, 6) is -0.582. The molecule has 0 spiro atoms. The molecule has 1 atom stereocenters. The zero-order chi connectivity index (χ0) is 10.0. The van der Waals surface area contributed by atoms with Crippen LogP contribution in [-0.4, -0.2) is 22.1 Å². The zero-order valence-electron chi connectivity index (χ0n) is 7.19. The number of aromatic hydroxyl groups is 1. The van der Waals surface area contributed by atoms with Gasteiger partial charge in [-0.25, -0.2) is 0 Å². The Hall–Kier alpha value is -1.55. The first kappa shape index (κ1) is 9.54. The van der Waals surface area contributed by atoms with Crippen molar-refractivity contribution in [3.05, 3.63) is 23.8 Å². The normalized spacial score (nSPS) is 12.5. The van der Waals surface area contributed by atoms with E-state index in [1.165, 1.54) is 25.1 Å². The summed E-state index contributed by atoms with van der Waals surface area (Å²) >= 11 is 0. The number of hydrogen-bond donors (Lipinski definition) is 3. The van der Waals surface area contributed by atoms with Crippen LogP contribution in [0.15, 0.2) is 18.2 Å². The first-order chi connectivity index (χ1) is 6.02. The number of hydrogen-bond acceptors (Lipinski definition) is 4. The van der Waals surface area contributed by atoms with Crippen molar-refractivity contribution in [1.29, 1.82) is 0 Å². The van der Waals surface area contributed by atoms with Crippen LogP contribution in [0.3, 0.4) is 0 Å². The highest BCUT2D eigenvalue weighted by molar-refractivity contribution is 5.99. The van der Waals surface area contributed by atoms with Gasteiger partial charge in [-0.1, -0.05) is 0 Å². The van der Waals surface area contributed by atoms with Gasteiger partial charge in [0.25, 0.3) is 0 Å². The SMILES string of the molecule is CC(O)C(=O)c1ccc(N)c(O)c1. The Kier molecular flexibility index (Phi) is 2.53. The van der Waals surface area contributed by atoms with Gasteiger partial charge in [0.15, 0.2) is 5.78 Å². The third kappa shape index (κ3) is 1.97. The van der Waals surface area contributed by atoms with Gasteiger partial charge < -0.3 is 15.9 Å². The lowest BCUT2D eigenvalue weighted by atomic mass is 10.1. The van der Waals surface area contributed by atoms with Crippen LogP contribution in [0.1, 0.15) is 17.3 Å². The van der Waals surface area contributed by atoms with Crippen molar-refractivity contribution in [3.8, 4) is 5.75 Å². The van der Waals surface area contributed by atoms with Crippen molar-refractivity contribution in [2.24, 2.45) is 0 Å². The lowest BCUT2D eigenvalue weighted by Gasteiger charge is -2.04. The number of nitrogen functional groups attached to an aromatic ring is 1. The van der Waals surface area contributed by atoms with Crippen molar-refractivity contribution >= 4 is 11.5 Å². The Bertz CT molecular complexity index is 334. The molecule has 1 rings (SSSR count). The molecule has 13 heavy (non-hydrogen) atoms. The second kappa shape index (κ2) is 3.45. The van der Waals surface area contributed by atoms with E-state index in [0.717, 1.165) is 0 Å². The smallest absolute Gasteiger partial charge is 0.191 e. The number of benzene rings is 1. The number of phenolic OH excluding ortho intramolecular Hbond substituents is 1. The van der Waals surface area contributed by atoms with Gasteiger partial charge in [-0.05, 0) is 25.1 Å². The summed E-state index contributed by atoms with van der Waals surface area (Å²) in [5.41, 5.74) is 5.80. The molecule has 0 saturated carbocycles. The standard InChI is InChI=1S/C9H11NO3/c1-5(11)9(13)6-2-3-7(10)8(12)4-6/h2-5,11-12H,10H2,1H3. The number of aliphatic hydroxyl groups is 1. The molecular weight excluding hydrogens is 170 g/mol. The fourth-order valence-corrected chi connectivity index (χ4v) is 0.938. The predicted molar refractivity (Wildman–Crippen MR) is 48.5 cm³/mol. The molecule has 1 aromatic rings. The van der Waals surface area contributed by atoms with E-state index in [2.05, 4.69) is 0 Å². The van der Waals surface area contributed by atoms with Gasteiger partial charge in [0.2, 0.25) is 0 Å². The summed E-state index contributed by atoms with van der Waals surface area (Å²) in [5, 5.41) is 18.1. The van der Waals surface area contributed by atoms with E-state index in [9.17, 15) is 9.90 Å². The van der Waals surface area contributed by atoms with E-state index in [1.807, 2.05) is 0 Å². The summed E-state index contributed by atoms with van der Waals surface area (Å²) in [4.78, 5) is 11.2. The molecule has 1 aromatic carbocycles. The Morgan fingerprint density at radius 2 is 2.15 bits per heavy atom. The van der Waals surface area contributed by atoms with Crippen LogP contribution in [-0.2, 0) is 0 Å². The van der Waals surface area contributed by atoms with Crippen LogP contribution in [0.25, 0.3) is 0 Å². The molecule has 4 N–H and O–H groups in total. The van der Waals surface area contributed by atoms with Crippen LogP contribution in [0.2, 0.25) is 0 Å². The van der Waals surface area contributed by atoms with Gasteiger partial charge in [0, 0.05) is 5.56 Å². The Morgan fingerprint density at radius 1 is 1.54 bits per heavy atom. The largest absolute Gasteiger partial charge is 0.506 e. The number of nitrogens with two attached hydrogens (primary N) is 1. The number of carbonyl (C=O) groups excluding carboxylic acids is 1. The quantitative estimate of drug-likeness (QED) is 0.353. The molecule has 4 nitrogen and oxygen atoms in total. The summed E-state index contributed by atoms with van der Waals surface area (Å²) < 4.78 is 0. The van der Waals surface area contributed by atoms with Crippen LogP contribution >= 0.6 is 0 Å². The number of phenols is 1. The van der Waals surface area contributed by atoms with Crippen LogP contribution in [0.4, 0.5) is 5.69 Å². The molecule has 0 heterocycles. The van der Waals surface area contributed by atoms with Crippen LogP contribution in [0, 0.1) is 0 Å². The summed E-state index contributed by atoms with van der Waals surface area (Å²) in [7, 11) is 0. The third-order valence-corrected chi connectivity index (χ3v) is 1.69. The van der Waals surface area contributed by atoms with E-state index in [0.29, 0.717) is 0 Å². The average molecular weight is 181 g/mol. The topological polar surface area (TPSA) is 83.5 Å². The molecule has 0 fully saturated rings. The lowest BCUT2D eigenvalue weighted by Crippen LogP contribution is -2.15. The molecule has 0 amide bonds. The number of carbonyl (C=O) groups is 1. The number of aliphatic hydroxyl groups excluding tert-OH is 1. The third-order valence-electron chi connectivity index (χ3n) is 1.69. The minimum Gasteiger partial charge on any atom is -0.506 e. The average Bonchev–Trinajstić information content (AvgIpc) is 2.08. The Labute approximate surface area is 75.6 Å². The molecule has 0 aliphatic heterocycles. The minimum atomic E-state index is -1.07. The molecule has 0 aliphatic carbocycles. The van der Waals surface area contributed by atoms with Gasteiger partial charge in [0.1, 0.15) is 11.9 Å². The van der Waals surface area contributed by atoms with E-state index in [4.69, 9.17) is 10.8 Å². The Balaban J connectivity index is 3.04. The van der Waals surface area contributed by atoms with Gasteiger partial charge in [-0.2, -0.15) is 0 Å². The highest BCUT2D eigenvalue weighted by Gasteiger charge is 2.12. The molecule has 0 bridgehead atoms. The molecule has 0 radical (unpaired) electrons. The lowest BCUT2D eigenvalue weighted by molar-refractivity contribution is 0.0779. The van der Waals surface area contributed by atoms with Crippen molar-refractivity contribution in [3.63, 3.8) is 0 Å². The number of anilines is 1. The number of ketones is 1. The van der Waals surface area contributed by atoms with Crippen molar-refractivity contribution in [2.45, 2.75) is 13.0 Å². The van der Waals surface area contributed by atoms with Gasteiger partial charge in [-0.3, -0.25) is 4.79 Å². The molecular formula is C9H11NO3. The highest BCUT2D eigenvalue weighted by atomic mass is 16.3. The van der Waals surface area contributed by atoms with Crippen LogP contribution in [0.5, 0.6) is 5.75 Å². The van der Waals surface area contributed by atoms with Crippen LogP contribution < -0.4 is 5.73 Å². The number of rotatable bonds is 2. The first-order valence-corrected chi connectivity index (χ1v) is 3.83. The van der Waals surface area contributed by atoms with Gasteiger partial charge >= 0.3 is 0 Å². The maximum absolute atomic E-state index is 11.2. The van der Waals surface area contributed by atoms with E-state index < -0.39 is 11.9 Å². The molecule has 0 aromatic heterocycles. The maximum Gasteiger partial charge on any atom is 0.191 e. The van der Waals surface area contributed by atoms with Crippen molar-refractivity contribution < 1.29 is 15.0 Å². The van der Waals surface area contributed by atoms with E-state index in [1.54, 1.807) is 0 Å². The fraction of sp³-hybridized carbons (Fsp3) is 0.222. The molecule has 70 valence electrons. The molecule has 0 saturated heterocycles. The maximum atomic E-state index is 11.2. The highest BCUT2D eigenvalue weighted by Crippen LogP contribution is 2.21. The number of Topliss-reactive ketones (excluding diaryl/α,β-unsaturated/α-hetero) is 1. The van der Waals surface area contributed by atoms with Gasteiger partial charge in [0.05, 0.1) is 5.69 Å². The summed E-state index contributed by atoms with van der Waals surface area (Å²) in [6, 6.07) is 4.12. The summed E-state index contributed by atoms with van der Waals surface area (Å²) in [6.45, 7) is 1.37. The predicted octanol–water partition coefficient (Wildman–Crippen LogP) is 0.538. The molecule has 0 aliphatic rings. The second-order valence-electron chi connectivity index (χ2n) is 2.81. The van der Waals surface area contributed by atoms with E-state index >= 15 is 0 Å². The second-order valence-corrected chi connectivity index (χ2v) is 2.81. The summed E-state index contributed by atoms with van der Waals surface area (Å²) in [6.07, 6.45) is -1.07. The van der Waals surface area contributed by atoms with E-state index in [-0.39, 0.29) is 17.0 Å². The monoisotopic (exact) mass is 181 g/mol. The zero-order valence-corrected chi connectivity index (χ0v) is 7.19. The Morgan fingerprint density at radius 3 is 2.62 bits per heavy atom. The van der Waals surface area contributed by atoms with Crippen molar-refractivity contribution in [1.82, 2.24) is 0 Å².